The summed E-state index contributed by atoms with van der Waals surface area (Å²) in [6.45, 7) is -0.393. The lowest BCUT2D eigenvalue weighted by Gasteiger charge is -2.13. The highest BCUT2D eigenvalue weighted by Crippen LogP contribution is 2.36. The van der Waals surface area contributed by atoms with Crippen LogP contribution in [-0.4, -0.2) is 23.5 Å². The number of ether oxygens (including phenoxy) is 1. The zero-order valence-corrected chi connectivity index (χ0v) is 15.8. The molecular formula is C15H11Cl4N3O4. The second-order valence-corrected chi connectivity index (χ2v) is 6.51. The van der Waals surface area contributed by atoms with Gasteiger partial charge in [0.2, 0.25) is 0 Å². The first-order valence-corrected chi connectivity index (χ1v) is 8.34. The fraction of sp³-hybridized carbons (Fsp3) is 0.0667. The average molecular weight is 439 g/mol. The Labute approximate surface area is 167 Å². The van der Waals surface area contributed by atoms with Gasteiger partial charge in [-0.25, -0.2) is 5.84 Å². The Bertz CT molecular complexity index is 876. The zero-order chi connectivity index (χ0) is 19.4. The summed E-state index contributed by atoms with van der Waals surface area (Å²) in [6, 6.07) is 5.17. The van der Waals surface area contributed by atoms with Gasteiger partial charge in [-0.3, -0.25) is 15.0 Å². The minimum absolute atomic E-state index is 0.0818. The van der Waals surface area contributed by atoms with Crippen molar-refractivity contribution in [2.24, 2.45) is 5.84 Å². The van der Waals surface area contributed by atoms with E-state index < -0.39 is 24.2 Å². The minimum Gasteiger partial charge on any atom is -0.506 e. The van der Waals surface area contributed by atoms with E-state index in [1.54, 1.807) is 0 Å². The van der Waals surface area contributed by atoms with Crippen molar-refractivity contribution >= 4 is 63.9 Å². The van der Waals surface area contributed by atoms with E-state index in [1.807, 2.05) is 5.43 Å². The van der Waals surface area contributed by atoms with Crippen LogP contribution in [0.25, 0.3) is 0 Å². The molecule has 0 atom stereocenters. The van der Waals surface area contributed by atoms with Crippen LogP contribution in [0, 0.1) is 0 Å². The van der Waals surface area contributed by atoms with Gasteiger partial charge >= 0.3 is 0 Å². The number of aromatic hydroxyl groups is 1. The smallest absolute Gasteiger partial charge is 0.271 e. The topological polar surface area (TPSA) is 114 Å². The number of rotatable bonds is 5. The molecule has 2 rings (SSSR count). The van der Waals surface area contributed by atoms with Gasteiger partial charge in [0.15, 0.2) is 6.61 Å². The van der Waals surface area contributed by atoms with Crippen LogP contribution in [0.4, 0.5) is 5.69 Å². The van der Waals surface area contributed by atoms with Gasteiger partial charge in [0.1, 0.15) is 11.5 Å². The molecule has 2 aromatic carbocycles. The van der Waals surface area contributed by atoms with Crippen molar-refractivity contribution < 1.29 is 19.4 Å². The molecule has 0 fully saturated rings. The number of nitrogens with two attached hydrogens (primary N) is 1. The van der Waals surface area contributed by atoms with Crippen molar-refractivity contribution in [3.05, 3.63) is 49.9 Å². The molecule has 0 bridgehead atoms. The van der Waals surface area contributed by atoms with E-state index in [-0.39, 0.29) is 37.1 Å². The molecule has 0 heterocycles. The van der Waals surface area contributed by atoms with Crippen molar-refractivity contribution in [1.82, 2.24) is 5.43 Å². The molecule has 0 aromatic heterocycles. The number of anilines is 1. The molecule has 0 unspecified atom stereocenters. The second-order valence-electron chi connectivity index (χ2n) is 4.86. The second kappa shape index (κ2) is 8.66. The Morgan fingerprint density at radius 3 is 2.38 bits per heavy atom. The average Bonchev–Trinajstić information content (AvgIpc) is 2.58. The molecular weight excluding hydrogens is 428 g/mol. The summed E-state index contributed by atoms with van der Waals surface area (Å²) >= 11 is 23.7. The molecule has 0 saturated heterocycles. The standard InChI is InChI=1S/C15H11Cl4N3O4/c16-6-1-7(14(24)10(19)2-6)15(25)21-11-4-12(9(18)3-8(11)17)26-5-13(23)22-20/h1-4,24H,5,20H2,(H,21,25)(H,22,23). The first kappa shape index (κ1) is 20.4. The highest BCUT2D eigenvalue weighted by molar-refractivity contribution is 6.38. The summed E-state index contributed by atoms with van der Waals surface area (Å²) in [7, 11) is 0. The maximum absolute atomic E-state index is 12.4. The molecule has 138 valence electrons. The Kier molecular flexibility index (Phi) is 6.80. The maximum Gasteiger partial charge on any atom is 0.271 e. The number of phenols is 1. The number of carbonyl (C=O) groups excluding carboxylic acids is 2. The monoisotopic (exact) mass is 437 g/mol. The van der Waals surface area contributed by atoms with Crippen molar-refractivity contribution in [3.63, 3.8) is 0 Å². The van der Waals surface area contributed by atoms with E-state index in [0.717, 1.165) is 0 Å². The molecule has 0 aliphatic carbocycles. The summed E-state index contributed by atoms with van der Waals surface area (Å²) in [5.41, 5.74) is 1.87. The van der Waals surface area contributed by atoms with Gasteiger partial charge in [0.25, 0.3) is 11.8 Å². The number of amides is 2. The number of halogens is 4. The van der Waals surface area contributed by atoms with Gasteiger partial charge in [-0.15, -0.1) is 0 Å². The molecule has 26 heavy (non-hydrogen) atoms. The maximum atomic E-state index is 12.4. The quantitative estimate of drug-likeness (QED) is 0.323. The number of hydrogen-bond donors (Lipinski definition) is 4. The molecule has 0 aliphatic heterocycles. The third kappa shape index (κ3) is 4.84. The molecule has 5 N–H and O–H groups in total. The van der Waals surface area contributed by atoms with Gasteiger partial charge in [-0.05, 0) is 18.2 Å². The molecule has 2 aromatic rings. The fourth-order valence-electron chi connectivity index (χ4n) is 1.85. The molecule has 7 nitrogen and oxygen atoms in total. The third-order valence-electron chi connectivity index (χ3n) is 3.06. The number of carbonyl (C=O) groups is 2. The van der Waals surface area contributed by atoms with E-state index in [9.17, 15) is 14.7 Å². The lowest BCUT2D eigenvalue weighted by Crippen LogP contribution is -2.34. The predicted molar refractivity (Wildman–Crippen MR) is 100 cm³/mol. The van der Waals surface area contributed by atoms with Gasteiger partial charge in [0.05, 0.1) is 26.3 Å². The normalized spacial score (nSPS) is 10.3. The first-order chi connectivity index (χ1) is 12.2. The lowest BCUT2D eigenvalue weighted by atomic mass is 10.1. The summed E-state index contributed by atoms with van der Waals surface area (Å²) in [6.07, 6.45) is 0. The highest BCUT2D eigenvalue weighted by atomic mass is 35.5. The Morgan fingerprint density at radius 1 is 1.04 bits per heavy atom. The van der Waals surface area contributed by atoms with Gasteiger partial charge in [-0.2, -0.15) is 0 Å². The van der Waals surface area contributed by atoms with Crippen LogP contribution in [0.2, 0.25) is 20.1 Å². The summed E-state index contributed by atoms with van der Waals surface area (Å²) in [4.78, 5) is 23.6. The molecule has 0 aliphatic rings. The lowest BCUT2D eigenvalue weighted by molar-refractivity contribution is -0.123. The van der Waals surface area contributed by atoms with Crippen molar-refractivity contribution in [2.45, 2.75) is 0 Å². The zero-order valence-electron chi connectivity index (χ0n) is 12.8. The van der Waals surface area contributed by atoms with Crippen molar-refractivity contribution in [2.75, 3.05) is 11.9 Å². The molecule has 0 radical (unpaired) electrons. The summed E-state index contributed by atoms with van der Waals surface area (Å²) in [5.74, 6) is 3.31. The van der Waals surface area contributed by atoms with Crippen LogP contribution in [0.5, 0.6) is 11.5 Å². The van der Waals surface area contributed by atoms with E-state index in [1.165, 1.54) is 24.3 Å². The van der Waals surface area contributed by atoms with E-state index >= 15 is 0 Å². The SMILES string of the molecule is NNC(=O)COc1cc(NC(=O)c2cc(Cl)cc(Cl)c2O)c(Cl)cc1Cl. The number of nitrogens with one attached hydrogen (secondary N) is 2. The summed E-state index contributed by atoms with van der Waals surface area (Å²) in [5, 5.41) is 12.7. The van der Waals surface area contributed by atoms with Gasteiger partial charge in [0, 0.05) is 11.1 Å². The van der Waals surface area contributed by atoms with Crippen molar-refractivity contribution in [3.8, 4) is 11.5 Å². The van der Waals surface area contributed by atoms with Crippen LogP contribution >= 0.6 is 46.4 Å². The predicted octanol–water partition coefficient (Wildman–Crippen LogP) is 3.63. The molecule has 0 spiro atoms. The van der Waals surface area contributed by atoms with Crippen LogP contribution in [-0.2, 0) is 4.79 Å². The van der Waals surface area contributed by atoms with Crippen LogP contribution < -0.4 is 21.3 Å². The van der Waals surface area contributed by atoms with Gasteiger partial charge in [-0.1, -0.05) is 46.4 Å². The first-order valence-electron chi connectivity index (χ1n) is 6.83. The molecule has 2 amide bonds. The Hall–Kier alpha value is -1.90. The van der Waals surface area contributed by atoms with Gasteiger partial charge < -0.3 is 15.2 Å². The highest BCUT2D eigenvalue weighted by Gasteiger charge is 2.18. The Morgan fingerprint density at radius 2 is 1.73 bits per heavy atom. The minimum atomic E-state index is -0.721. The largest absolute Gasteiger partial charge is 0.506 e. The number of hydrazine groups is 1. The number of benzene rings is 2. The molecule has 11 heteroatoms. The van der Waals surface area contributed by atoms with E-state index in [2.05, 4.69) is 5.32 Å². The van der Waals surface area contributed by atoms with Crippen LogP contribution in [0.3, 0.4) is 0 Å². The van der Waals surface area contributed by atoms with E-state index in [0.29, 0.717) is 0 Å². The van der Waals surface area contributed by atoms with E-state index in [4.69, 9.17) is 57.0 Å². The third-order valence-corrected chi connectivity index (χ3v) is 4.18. The number of hydrogen-bond acceptors (Lipinski definition) is 5. The fourth-order valence-corrected chi connectivity index (χ4v) is 2.83. The van der Waals surface area contributed by atoms with Crippen molar-refractivity contribution in [1.29, 1.82) is 0 Å². The van der Waals surface area contributed by atoms with Crippen LogP contribution in [0.1, 0.15) is 10.4 Å². The molecule has 0 saturated carbocycles. The van der Waals surface area contributed by atoms with Crippen LogP contribution in [0.15, 0.2) is 24.3 Å². The Balaban J connectivity index is 2.28. The number of phenolic OH excluding ortho intramolecular Hbond substituents is 1. The summed E-state index contributed by atoms with van der Waals surface area (Å²) < 4.78 is 5.21.